The van der Waals surface area contributed by atoms with Crippen molar-refractivity contribution in [2.45, 2.75) is 6.61 Å². The van der Waals surface area contributed by atoms with Gasteiger partial charge in [-0.15, -0.1) is 0 Å². The zero-order valence-corrected chi connectivity index (χ0v) is 11.5. The van der Waals surface area contributed by atoms with Crippen LogP contribution in [0.3, 0.4) is 0 Å². The number of rotatable bonds is 4. The monoisotopic (exact) mass is 271 g/mol. The van der Waals surface area contributed by atoms with Gasteiger partial charge in [0.25, 0.3) is 0 Å². The van der Waals surface area contributed by atoms with Gasteiger partial charge in [0.15, 0.2) is 0 Å². The third kappa shape index (κ3) is 3.26. The minimum Gasteiger partial charge on any atom is -0.456 e. The van der Waals surface area contributed by atoms with Gasteiger partial charge < -0.3 is 15.4 Å². The number of pyridine rings is 1. The highest BCUT2D eigenvalue weighted by Crippen LogP contribution is 2.22. The molecule has 0 aliphatic heterocycles. The molecule has 2 N–H and O–H groups in total. The van der Waals surface area contributed by atoms with E-state index in [9.17, 15) is 4.79 Å². The molecule has 5 nitrogen and oxygen atoms in total. The van der Waals surface area contributed by atoms with Crippen molar-refractivity contribution in [2.24, 2.45) is 0 Å². The number of hydrogen-bond acceptors (Lipinski definition) is 5. The molecule has 0 aliphatic carbocycles. The SMILES string of the molecule is CN(C)c1ccc(N)cc1C(=O)OCc1ccccn1. The first-order valence-corrected chi connectivity index (χ1v) is 6.22. The Morgan fingerprint density at radius 3 is 2.75 bits per heavy atom. The average molecular weight is 271 g/mol. The first kappa shape index (κ1) is 13.9. The van der Waals surface area contributed by atoms with E-state index in [4.69, 9.17) is 10.5 Å². The van der Waals surface area contributed by atoms with Gasteiger partial charge in [-0.25, -0.2) is 4.79 Å². The van der Waals surface area contributed by atoms with Crippen LogP contribution in [-0.4, -0.2) is 25.0 Å². The van der Waals surface area contributed by atoms with Gasteiger partial charge in [0, 0.05) is 26.0 Å². The van der Waals surface area contributed by atoms with Crippen molar-refractivity contribution < 1.29 is 9.53 Å². The molecular formula is C15H17N3O2. The second kappa shape index (κ2) is 6.06. The number of esters is 1. The van der Waals surface area contributed by atoms with E-state index in [1.807, 2.05) is 31.1 Å². The van der Waals surface area contributed by atoms with E-state index in [0.717, 1.165) is 5.69 Å². The van der Waals surface area contributed by atoms with Crippen LogP contribution in [0.1, 0.15) is 16.1 Å². The van der Waals surface area contributed by atoms with Crippen LogP contribution >= 0.6 is 0 Å². The third-order valence-electron chi connectivity index (χ3n) is 2.80. The smallest absolute Gasteiger partial charge is 0.340 e. The van der Waals surface area contributed by atoms with E-state index >= 15 is 0 Å². The molecule has 0 fully saturated rings. The van der Waals surface area contributed by atoms with Crippen molar-refractivity contribution in [1.82, 2.24) is 4.98 Å². The molecule has 0 bridgehead atoms. The molecule has 0 saturated heterocycles. The Morgan fingerprint density at radius 1 is 1.30 bits per heavy atom. The lowest BCUT2D eigenvalue weighted by atomic mass is 10.1. The maximum absolute atomic E-state index is 12.2. The van der Waals surface area contributed by atoms with Gasteiger partial charge in [0.2, 0.25) is 0 Å². The Kier molecular flexibility index (Phi) is 4.20. The Balaban J connectivity index is 2.15. The number of nitrogens with two attached hydrogens (primary N) is 1. The van der Waals surface area contributed by atoms with E-state index in [-0.39, 0.29) is 6.61 Å². The van der Waals surface area contributed by atoms with Crippen LogP contribution in [0, 0.1) is 0 Å². The van der Waals surface area contributed by atoms with Crippen molar-refractivity contribution in [3.05, 3.63) is 53.9 Å². The van der Waals surface area contributed by atoms with Gasteiger partial charge in [0.1, 0.15) is 6.61 Å². The molecule has 1 aromatic carbocycles. The number of carbonyl (C=O) groups excluding carboxylic acids is 1. The second-order valence-corrected chi connectivity index (χ2v) is 4.57. The number of aromatic nitrogens is 1. The predicted molar refractivity (Wildman–Crippen MR) is 78.5 cm³/mol. The van der Waals surface area contributed by atoms with Crippen LogP contribution < -0.4 is 10.6 Å². The Hall–Kier alpha value is -2.56. The normalized spacial score (nSPS) is 10.1. The summed E-state index contributed by atoms with van der Waals surface area (Å²) in [7, 11) is 3.72. The fraction of sp³-hybridized carbons (Fsp3) is 0.200. The van der Waals surface area contributed by atoms with Gasteiger partial charge in [-0.2, -0.15) is 0 Å². The Labute approximate surface area is 118 Å². The summed E-state index contributed by atoms with van der Waals surface area (Å²) in [5, 5.41) is 0. The molecule has 20 heavy (non-hydrogen) atoms. The van der Waals surface area contributed by atoms with Gasteiger partial charge in [-0.1, -0.05) is 6.07 Å². The molecule has 0 radical (unpaired) electrons. The topological polar surface area (TPSA) is 68.5 Å². The summed E-state index contributed by atoms with van der Waals surface area (Å²) in [6.45, 7) is 0.140. The molecule has 0 spiro atoms. The van der Waals surface area contributed by atoms with Crippen LogP contribution in [0.25, 0.3) is 0 Å². The lowest BCUT2D eigenvalue weighted by Crippen LogP contribution is -2.16. The maximum atomic E-state index is 12.2. The number of ether oxygens (including phenoxy) is 1. The molecule has 5 heteroatoms. The average Bonchev–Trinajstić information content (AvgIpc) is 2.45. The van der Waals surface area contributed by atoms with Crippen LogP contribution in [0.5, 0.6) is 0 Å². The van der Waals surface area contributed by atoms with Gasteiger partial charge in [-0.05, 0) is 30.3 Å². The van der Waals surface area contributed by atoms with Gasteiger partial charge in [-0.3, -0.25) is 4.98 Å². The fourth-order valence-corrected chi connectivity index (χ4v) is 1.81. The van der Waals surface area contributed by atoms with Gasteiger partial charge in [0.05, 0.1) is 16.9 Å². The van der Waals surface area contributed by atoms with Gasteiger partial charge >= 0.3 is 5.97 Å². The Bertz CT molecular complexity index is 597. The molecule has 104 valence electrons. The van der Waals surface area contributed by atoms with E-state index in [1.54, 1.807) is 30.5 Å². The number of nitrogen functional groups attached to an aromatic ring is 1. The van der Waals surface area contributed by atoms with Crippen LogP contribution in [-0.2, 0) is 11.3 Å². The quantitative estimate of drug-likeness (QED) is 0.681. The summed E-state index contributed by atoms with van der Waals surface area (Å²) in [5.74, 6) is -0.411. The van der Waals surface area contributed by atoms with E-state index in [0.29, 0.717) is 16.9 Å². The molecule has 1 heterocycles. The lowest BCUT2D eigenvalue weighted by molar-refractivity contribution is 0.0468. The molecule has 0 atom stereocenters. The van der Waals surface area contributed by atoms with Crippen LogP contribution in [0.15, 0.2) is 42.6 Å². The number of benzene rings is 1. The summed E-state index contributed by atoms with van der Waals surface area (Å²) >= 11 is 0. The first-order valence-electron chi connectivity index (χ1n) is 6.22. The van der Waals surface area contributed by atoms with Crippen LogP contribution in [0.2, 0.25) is 0 Å². The highest BCUT2D eigenvalue weighted by molar-refractivity contribution is 5.96. The molecule has 1 aromatic heterocycles. The first-order chi connectivity index (χ1) is 9.58. The largest absolute Gasteiger partial charge is 0.456 e. The van der Waals surface area contributed by atoms with E-state index in [2.05, 4.69) is 4.98 Å². The molecule has 0 saturated carbocycles. The van der Waals surface area contributed by atoms with Crippen molar-refractivity contribution in [3.8, 4) is 0 Å². The van der Waals surface area contributed by atoms with Crippen molar-refractivity contribution in [2.75, 3.05) is 24.7 Å². The summed E-state index contributed by atoms with van der Waals surface area (Å²) in [4.78, 5) is 18.1. The third-order valence-corrected chi connectivity index (χ3v) is 2.80. The Morgan fingerprint density at radius 2 is 2.10 bits per heavy atom. The van der Waals surface area contributed by atoms with Crippen LogP contribution in [0.4, 0.5) is 11.4 Å². The number of anilines is 2. The zero-order chi connectivity index (χ0) is 14.5. The van der Waals surface area contributed by atoms with Crippen molar-refractivity contribution >= 4 is 17.3 Å². The maximum Gasteiger partial charge on any atom is 0.340 e. The van der Waals surface area contributed by atoms with E-state index in [1.165, 1.54) is 0 Å². The lowest BCUT2D eigenvalue weighted by Gasteiger charge is -2.17. The summed E-state index contributed by atoms with van der Waals surface area (Å²) in [6.07, 6.45) is 1.66. The summed E-state index contributed by atoms with van der Waals surface area (Å²) in [6, 6.07) is 10.6. The molecule has 2 aromatic rings. The highest BCUT2D eigenvalue weighted by Gasteiger charge is 2.15. The van der Waals surface area contributed by atoms with E-state index < -0.39 is 5.97 Å². The summed E-state index contributed by atoms with van der Waals surface area (Å²) < 4.78 is 5.28. The van der Waals surface area contributed by atoms with Crippen molar-refractivity contribution in [3.63, 3.8) is 0 Å². The zero-order valence-electron chi connectivity index (χ0n) is 11.5. The molecule has 0 unspecified atom stereocenters. The number of nitrogens with zero attached hydrogens (tertiary/aromatic N) is 2. The highest BCUT2D eigenvalue weighted by atomic mass is 16.5. The second-order valence-electron chi connectivity index (χ2n) is 4.57. The molecule has 0 amide bonds. The molecular weight excluding hydrogens is 254 g/mol. The summed E-state index contributed by atoms with van der Waals surface area (Å²) in [5.41, 5.74) is 8.19. The minimum absolute atomic E-state index is 0.140. The molecule has 2 rings (SSSR count). The minimum atomic E-state index is -0.411. The fourth-order valence-electron chi connectivity index (χ4n) is 1.81. The number of hydrogen-bond donors (Lipinski definition) is 1. The predicted octanol–water partition coefficient (Wildman–Crippen LogP) is 2.09. The standard InChI is InChI=1S/C15H17N3O2/c1-18(2)14-7-6-11(16)9-13(14)15(19)20-10-12-5-3-4-8-17-12/h3-9H,10,16H2,1-2H3. The number of carbonyl (C=O) groups is 1. The molecule has 0 aliphatic rings. The van der Waals surface area contributed by atoms with Crippen molar-refractivity contribution in [1.29, 1.82) is 0 Å².